The summed E-state index contributed by atoms with van der Waals surface area (Å²) in [6.07, 6.45) is 0. The fourth-order valence-corrected chi connectivity index (χ4v) is 17.6. The molecule has 0 heterocycles. The summed E-state index contributed by atoms with van der Waals surface area (Å²) in [6.45, 7) is 68.9. The minimum Gasteiger partial charge on any atom is -0.508 e. The quantitative estimate of drug-likeness (QED) is 0.0671. The van der Waals surface area contributed by atoms with Crippen molar-refractivity contribution in [2.24, 2.45) is 0 Å². The van der Waals surface area contributed by atoms with Crippen LogP contribution in [0.2, 0.25) is 0 Å². The van der Waals surface area contributed by atoms with Crippen LogP contribution in [0, 0.1) is 0 Å². The Labute approximate surface area is 864 Å². The first-order chi connectivity index (χ1) is 66.8. The molecular weight excluding hydrogens is 1760 g/mol. The van der Waals surface area contributed by atoms with Gasteiger partial charge in [0.15, 0.2) is 0 Å². The third-order valence-electron chi connectivity index (χ3n) is 27.3. The van der Waals surface area contributed by atoms with E-state index in [-0.39, 0.29) is 65.0 Å². The maximum atomic E-state index is 10.8. The van der Waals surface area contributed by atoms with E-state index in [1.807, 2.05) is 158 Å². The van der Waals surface area contributed by atoms with E-state index in [0.717, 1.165) is 61.2 Å². The second kappa shape index (κ2) is 46.4. The summed E-state index contributed by atoms with van der Waals surface area (Å²) in [5, 5.41) is 84.8. The van der Waals surface area contributed by atoms with Gasteiger partial charge in [-0.15, -0.1) is 0 Å². The summed E-state index contributed by atoms with van der Waals surface area (Å²) < 4.78 is 0. The number of hydrogen-bond acceptors (Lipinski definition) is 8. The van der Waals surface area contributed by atoms with Crippen molar-refractivity contribution in [3.63, 3.8) is 0 Å². The highest BCUT2D eigenvalue weighted by molar-refractivity contribution is 5.98. The molecule has 0 saturated heterocycles. The zero-order valence-corrected chi connectivity index (χ0v) is 92.2. The molecular formula is C136H164O8. The number of fused-ring (bicyclic) bond motifs is 2. The summed E-state index contributed by atoms with van der Waals surface area (Å²) in [5.74, 6) is 2.91. The molecule has 0 spiro atoms. The highest BCUT2D eigenvalue weighted by Gasteiger charge is 2.34. The minimum absolute atomic E-state index is 0.000494. The Balaban J connectivity index is 0.000000185. The van der Waals surface area contributed by atoms with Gasteiger partial charge in [0.25, 0.3) is 0 Å². The second-order valence-electron chi connectivity index (χ2n) is 48.5. The molecule has 16 aromatic carbocycles. The first-order valence-electron chi connectivity index (χ1n) is 50.6. The largest absolute Gasteiger partial charge is 0.508 e. The standard InChI is InChI=1S/2C24H26O.2C16H12O.4C14H22O/c1-23(2,18-11-7-5-8-12-18)20-15-21(17-22(25)16-20)24(3,4)19-13-9-6-10-14-19;1-23(2,18-11-7-5-8-12-18)20-15-16-21(22(25)17-20)24(3,4)19-13-9-6-10-14-19;17-14-8-3-7-13(11-14)16-10-4-6-12-5-1-2-9-15(12)16;17-14-10-8-13(9-11-14)16-7-3-5-12-4-1-2-6-15(12)16;1-13(2,3)10-7-11(14(4,5)6)9-12(15)8-10;1-13(2,3)10-7-8-12(15)11(9-10)14(4,5)6;1-13(2,3)10-7-8-11(12(15)9-10)14(4,5)6;1-13(2,3)10-8-7-9-11(12(10)15)14(4,5)6/h2*5-17,25H,1-4H3;2*1-11,17H;4*7-9,15H,1-6H3. The van der Waals surface area contributed by atoms with E-state index in [0.29, 0.717) is 46.0 Å². The molecule has 0 amide bonds. The van der Waals surface area contributed by atoms with Gasteiger partial charge in [0.1, 0.15) is 46.0 Å². The normalized spacial score (nSPS) is 12.1. The molecule has 0 radical (unpaired) electrons. The Morgan fingerprint density at radius 1 is 0.146 bits per heavy atom. The van der Waals surface area contributed by atoms with Gasteiger partial charge in [-0.1, -0.05) is 519 Å². The Hall–Kier alpha value is -13.6. The van der Waals surface area contributed by atoms with Crippen LogP contribution in [-0.2, 0) is 65.0 Å². The zero-order valence-electron chi connectivity index (χ0n) is 92.2. The molecule has 756 valence electrons. The van der Waals surface area contributed by atoms with Gasteiger partial charge in [-0.25, -0.2) is 0 Å². The van der Waals surface area contributed by atoms with Crippen LogP contribution in [-0.4, -0.2) is 40.9 Å². The molecule has 0 bridgehead atoms. The van der Waals surface area contributed by atoms with E-state index < -0.39 is 0 Å². The Bertz CT molecular complexity index is 6700. The number of aromatic hydroxyl groups is 8. The van der Waals surface area contributed by atoms with E-state index >= 15 is 0 Å². The molecule has 0 atom stereocenters. The zero-order chi connectivity index (χ0) is 107. The topological polar surface area (TPSA) is 162 Å². The lowest BCUT2D eigenvalue weighted by atomic mass is 9.73. The van der Waals surface area contributed by atoms with Crippen molar-refractivity contribution in [1.82, 2.24) is 0 Å². The van der Waals surface area contributed by atoms with Gasteiger partial charge in [0, 0.05) is 27.2 Å². The number of phenolic OH excluding ortho intramolecular Hbond substituents is 8. The van der Waals surface area contributed by atoms with Crippen LogP contribution < -0.4 is 0 Å². The first-order valence-corrected chi connectivity index (χ1v) is 50.6. The van der Waals surface area contributed by atoms with Crippen molar-refractivity contribution in [3.05, 3.63) is 453 Å². The summed E-state index contributed by atoms with van der Waals surface area (Å²) in [7, 11) is 0. The van der Waals surface area contributed by atoms with E-state index in [2.05, 4.69) is 397 Å². The van der Waals surface area contributed by atoms with Gasteiger partial charge in [0.2, 0.25) is 0 Å². The molecule has 0 fully saturated rings. The van der Waals surface area contributed by atoms with Gasteiger partial charge < -0.3 is 40.9 Å². The lowest BCUT2D eigenvalue weighted by Gasteiger charge is -2.31. The average Bonchev–Trinajstić information content (AvgIpc) is 0.802. The van der Waals surface area contributed by atoms with Crippen LogP contribution >= 0.6 is 0 Å². The van der Waals surface area contributed by atoms with Crippen LogP contribution in [0.25, 0.3) is 43.8 Å². The van der Waals surface area contributed by atoms with Gasteiger partial charge in [-0.2, -0.15) is 0 Å². The predicted molar refractivity (Wildman–Crippen MR) is 615 cm³/mol. The van der Waals surface area contributed by atoms with E-state index in [4.69, 9.17) is 0 Å². The average molecular weight is 1930 g/mol. The van der Waals surface area contributed by atoms with Gasteiger partial charge >= 0.3 is 0 Å². The van der Waals surface area contributed by atoms with Crippen molar-refractivity contribution >= 4 is 21.5 Å². The van der Waals surface area contributed by atoms with E-state index in [1.165, 1.54) is 71.6 Å². The highest BCUT2D eigenvalue weighted by Crippen LogP contribution is 2.46. The van der Waals surface area contributed by atoms with Gasteiger partial charge in [0.05, 0.1) is 0 Å². The van der Waals surface area contributed by atoms with Crippen LogP contribution in [0.5, 0.6) is 46.0 Å². The number of para-hydroxylation sites is 1. The van der Waals surface area contributed by atoms with E-state index in [9.17, 15) is 40.9 Å². The van der Waals surface area contributed by atoms with Crippen molar-refractivity contribution in [2.75, 3.05) is 0 Å². The van der Waals surface area contributed by atoms with Crippen molar-refractivity contribution in [2.45, 2.75) is 287 Å². The molecule has 0 unspecified atom stereocenters. The molecule has 0 saturated carbocycles. The fraction of sp³-hybridized carbons (Fsp3) is 0.324. The second-order valence-corrected chi connectivity index (χ2v) is 48.5. The van der Waals surface area contributed by atoms with Crippen LogP contribution in [0.4, 0.5) is 0 Å². The molecule has 144 heavy (non-hydrogen) atoms. The molecule has 16 rings (SSSR count). The highest BCUT2D eigenvalue weighted by atomic mass is 16.3. The van der Waals surface area contributed by atoms with Crippen molar-refractivity contribution in [1.29, 1.82) is 0 Å². The fourth-order valence-electron chi connectivity index (χ4n) is 17.6. The molecule has 8 nitrogen and oxygen atoms in total. The molecule has 8 N–H and O–H groups in total. The van der Waals surface area contributed by atoms with E-state index in [1.54, 1.807) is 30.3 Å². The maximum absolute atomic E-state index is 10.8. The number of phenols is 8. The maximum Gasteiger partial charge on any atom is 0.123 e. The summed E-state index contributed by atoms with van der Waals surface area (Å²) in [4.78, 5) is 0. The van der Waals surface area contributed by atoms with Gasteiger partial charge in [-0.05, 0) is 237 Å². The number of rotatable bonds is 10. The molecule has 0 aliphatic carbocycles. The van der Waals surface area contributed by atoms with Crippen molar-refractivity contribution in [3.8, 4) is 68.2 Å². The molecule has 16 aromatic rings. The molecule has 0 aliphatic rings. The molecule has 0 aromatic heterocycles. The Morgan fingerprint density at radius 3 is 0.833 bits per heavy atom. The summed E-state index contributed by atoms with van der Waals surface area (Å²) in [5.41, 5.74) is 22.2. The minimum atomic E-state index is -0.249. The Kier molecular flexibility index (Phi) is 36.8. The monoisotopic (exact) mass is 1930 g/mol. The lowest BCUT2D eigenvalue weighted by molar-refractivity contribution is 0.423. The summed E-state index contributed by atoms with van der Waals surface area (Å²) in [6, 6.07) is 122. The van der Waals surface area contributed by atoms with Gasteiger partial charge in [-0.3, -0.25) is 0 Å². The number of benzene rings is 16. The molecule has 0 aliphatic heterocycles. The first kappa shape index (κ1) is 114. The predicted octanol–water partition coefficient (Wildman–Crippen LogP) is 36.5. The Morgan fingerprint density at radius 2 is 0.451 bits per heavy atom. The van der Waals surface area contributed by atoms with Crippen LogP contribution in [0.1, 0.15) is 311 Å². The van der Waals surface area contributed by atoms with Crippen LogP contribution in [0.3, 0.4) is 0 Å². The summed E-state index contributed by atoms with van der Waals surface area (Å²) >= 11 is 0. The smallest absolute Gasteiger partial charge is 0.123 e. The number of hydrogen-bond donors (Lipinski definition) is 8. The lowest BCUT2D eigenvalue weighted by Crippen LogP contribution is -2.22. The van der Waals surface area contributed by atoms with Crippen LogP contribution in [0.15, 0.2) is 364 Å². The SMILES string of the molecule is CC(C)(C)c1cc(O)cc(C(C)(C)C)c1.CC(C)(C)c1ccc(C(C)(C)C)c(O)c1.CC(C)(C)c1ccc(O)c(C(C)(C)C)c1.CC(C)(C)c1cccc(C(C)(C)C)c1O.CC(C)(c1ccccc1)c1cc(O)cc(C(C)(C)c2ccccc2)c1.CC(C)(c1ccccc1)c1ccc(C(C)(C)c2ccccc2)c(O)c1.Oc1ccc(-c2cccc3ccccc23)cc1.Oc1cccc(-c2cccc3ccccc23)c1. The van der Waals surface area contributed by atoms with Crippen molar-refractivity contribution < 1.29 is 40.9 Å². The molecule has 8 heteroatoms. The third kappa shape index (κ3) is 30.5. The third-order valence-corrected chi connectivity index (χ3v) is 27.3.